The summed E-state index contributed by atoms with van der Waals surface area (Å²) in [6.07, 6.45) is 0. The number of imidazole rings is 1. The van der Waals surface area contributed by atoms with Crippen LogP contribution in [0.1, 0.15) is 25.7 Å². The number of hydrogen-bond donors (Lipinski definition) is 1. The minimum absolute atomic E-state index is 0.226. The van der Waals surface area contributed by atoms with E-state index < -0.39 is 0 Å². The predicted octanol–water partition coefficient (Wildman–Crippen LogP) is 4.37. The van der Waals surface area contributed by atoms with E-state index in [1.165, 1.54) is 6.07 Å². The lowest BCUT2D eigenvalue weighted by Crippen LogP contribution is -2.10. The minimum atomic E-state index is -0.230. The van der Waals surface area contributed by atoms with Crippen LogP contribution in [0.25, 0.3) is 11.0 Å². The summed E-state index contributed by atoms with van der Waals surface area (Å²) in [6.45, 7) is 4.77. The van der Waals surface area contributed by atoms with Gasteiger partial charge in [-0.15, -0.1) is 0 Å². The SMILES string of the molecule is CC(C)n1c(CNc2ccccc2)nc2ccc(F)cc21. The van der Waals surface area contributed by atoms with Gasteiger partial charge in [-0.1, -0.05) is 18.2 Å². The Bertz CT molecular complexity index is 747. The highest BCUT2D eigenvalue weighted by Gasteiger charge is 2.13. The molecule has 2 aromatic carbocycles. The molecule has 3 rings (SSSR count). The lowest BCUT2D eigenvalue weighted by atomic mass is 10.3. The number of halogens is 1. The second-order valence-electron chi connectivity index (χ2n) is 5.34. The van der Waals surface area contributed by atoms with Crippen LogP contribution in [-0.2, 0) is 6.54 Å². The summed E-state index contributed by atoms with van der Waals surface area (Å²) < 4.78 is 15.6. The summed E-state index contributed by atoms with van der Waals surface area (Å²) in [5.74, 6) is 0.682. The number of anilines is 1. The average molecular weight is 283 g/mol. The van der Waals surface area contributed by atoms with E-state index in [0.717, 1.165) is 22.5 Å². The number of aromatic nitrogens is 2. The standard InChI is InChI=1S/C17H18FN3/c1-12(2)21-16-10-13(18)8-9-15(16)20-17(21)11-19-14-6-4-3-5-7-14/h3-10,12,19H,11H2,1-2H3. The van der Waals surface area contributed by atoms with Gasteiger partial charge in [-0.3, -0.25) is 0 Å². The van der Waals surface area contributed by atoms with Crippen LogP contribution in [0.3, 0.4) is 0 Å². The van der Waals surface area contributed by atoms with E-state index in [2.05, 4.69) is 28.7 Å². The Balaban J connectivity index is 1.96. The molecule has 0 saturated heterocycles. The molecule has 0 saturated carbocycles. The number of rotatable bonds is 4. The van der Waals surface area contributed by atoms with E-state index in [1.54, 1.807) is 12.1 Å². The van der Waals surface area contributed by atoms with Gasteiger partial charge in [-0.2, -0.15) is 0 Å². The van der Waals surface area contributed by atoms with Gasteiger partial charge in [-0.05, 0) is 44.2 Å². The maximum absolute atomic E-state index is 13.5. The molecule has 0 bridgehead atoms. The molecule has 0 aliphatic heterocycles. The summed E-state index contributed by atoms with van der Waals surface area (Å²) in [7, 11) is 0. The largest absolute Gasteiger partial charge is 0.378 e. The van der Waals surface area contributed by atoms with Crippen molar-refractivity contribution in [1.29, 1.82) is 0 Å². The zero-order valence-electron chi connectivity index (χ0n) is 12.2. The summed E-state index contributed by atoms with van der Waals surface area (Å²) in [5, 5.41) is 3.35. The third kappa shape index (κ3) is 2.75. The molecular formula is C17H18FN3. The van der Waals surface area contributed by atoms with Gasteiger partial charge in [0.05, 0.1) is 17.6 Å². The quantitative estimate of drug-likeness (QED) is 0.770. The average Bonchev–Trinajstić information content (AvgIpc) is 2.84. The first-order valence-corrected chi connectivity index (χ1v) is 7.10. The van der Waals surface area contributed by atoms with Crippen molar-refractivity contribution in [1.82, 2.24) is 9.55 Å². The predicted molar refractivity (Wildman–Crippen MR) is 83.8 cm³/mol. The van der Waals surface area contributed by atoms with Gasteiger partial charge >= 0.3 is 0 Å². The van der Waals surface area contributed by atoms with Crippen LogP contribution in [-0.4, -0.2) is 9.55 Å². The highest BCUT2D eigenvalue weighted by Crippen LogP contribution is 2.22. The van der Waals surface area contributed by atoms with E-state index in [9.17, 15) is 4.39 Å². The van der Waals surface area contributed by atoms with Crippen molar-refractivity contribution in [3.63, 3.8) is 0 Å². The summed E-state index contributed by atoms with van der Waals surface area (Å²) in [4.78, 5) is 4.62. The second-order valence-corrected chi connectivity index (χ2v) is 5.34. The Hall–Kier alpha value is -2.36. The molecule has 0 atom stereocenters. The van der Waals surface area contributed by atoms with Crippen molar-refractivity contribution in [2.45, 2.75) is 26.4 Å². The van der Waals surface area contributed by atoms with Crippen molar-refractivity contribution in [2.75, 3.05) is 5.32 Å². The third-order valence-electron chi connectivity index (χ3n) is 3.47. The van der Waals surface area contributed by atoms with E-state index in [4.69, 9.17) is 0 Å². The van der Waals surface area contributed by atoms with Crippen LogP contribution >= 0.6 is 0 Å². The fourth-order valence-corrected chi connectivity index (χ4v) is 2.55. The van der Waals surface area contributed by atoms with E-state index in [-0.39, 0.29) is 11.9 Å². The molecule has 0 unspecified atom stereocenters. The Morgan fingerprint density at radius 1 is 1.14 bits per heavy atom. The van der Waals surface area contributed by atoms with E-state index >= 15 is 0 Å². The maximum atomic E-state index is 13.5. The van der Waals surface area contributed by atoms with E-state index in [0.29, 0.717) is 6.54 Å². The zero-order chi connectivity index (χ0) is 14.8. The molecular weight excluding hydrogens is 265 g/mol. The Morgan fingerprint density at radius 2 is 1.90 bits per heavy atom. The van der Waals surface area contributed by atoms with Gasteiger partial charge in [-0.25, -0.2) is 9.37 Å². The molecule has 4 heteroatoms. The van der Waals surface area contributed by atoms with E-state index in [1.807, 2.05) is 30.3 Å². The molecule has 3 aromatic rings. The molecule has 0 amide bonds. The number of nitrogens with one attached hydrogen (secondary N) is 1. The molecule has 0 aliphatic carbocycles. The van der Waals surface area contributed by atoms with Gasteiger partial charge in [0, 0.05) is 11.7 Å². The molecule has 0 aliphatic rings. The fraction of sp³-hybridized carbons (Fsp3) is 0.235. The van der Waals surface area contributed by atoms with Crippen LogP contribution in [0.5, 0.6) is 0 Å². The first kappa shape index (κ1) is 13.6. The van der Waals surface area contributed by atoms with Crippen molar-refractivity contribution < 1.29 is 4.39 Å². The molecule has 108 valence electrons. The number of fused-ring (bicyclic) bond motifs is 1. The topological polar surface area (TPSA) is 29.9 Å². The number of benzene rings is 2. The Morgan fingerprint density at radius 3 is 2.62 bits per heavy atom. The van der Waals surface area contributed by atoms with Crippen molar-refractivity contribution in [3.8, 4) is 0 Å². The number of hydrogen-bond acceptors (Lipinski definition) is 2. The molecule has 0 fully saturated rings. The van der Waals surface area contributed by atoms with Crippen LogP contribution in [0.2, 0.25) is 0 Å². The number of para-hydroxylation sites is 1. The zero-order valence-corrected chi connectivity index (χ0v) is 12.2. The lowest BCUT2D eigenvalue weighted by Gasteiger charge is -2.14. The number of nitrogens with zero attached hydrogens (tertiary/aromatic N) is 2. The Kier molecular flexibility index (Phi) is 3.60. The van der Waals surface area contributed by atoms with Gasteiger partial charge in [0.15, 0.2) is 0 Å². The molecule has 1 aromatic heterocycles. The van der Waals surface area contributed by atoms with Crippen molar-refractivity contribution >= 4 is 16.7 Å². The van der Waals surface area contributed by atoms with Crippen LogP contribution in [0.4, 0.5) is 10.1 Å². The molecule has 21 heavy (non-hydrogen) atoms. The first-order chi connectivity index (χ1) is 10.1. The molecule has 0 spiro atoms. The monoisotopic (exact) mass is 283 g/mol. The second kappa shape index (κ2) is 5.56. The van der Waals surface area contributed by atoms with Crippen LogP contribution < -0.4 is 5.32 Å². The summed E-state index contributed by atoms with van der Waals surface area (Å²) in [6, 6.07) is 15.0. The minimum Gasteiger partial charge on any atom is -0.378 e. The maximum Gasteiger partial charge on any atom is 0.129 e. The molecule has 1 N–H and O–H groups in total. The summed E-state index contributed by atoms with van der Waals surface area (Å²) in [5.41, 5.74) is 2.72. The third-order valence-corrected chi connectivity index (χ3v) is 3.47. The normalized spacial score (nSPS) is 11.2. The van der Waals surface area contributed by atoms with Gasteiger partial charge in [0.25, 0.3) is 0 Å². The van der Waals surface area contributed by atoms with Gasteiger partial charge in [0.2, 0.25) is 0 Å². The molecule has 3 nitrogen and oxygen atoms in total. The van der Waals surface area contributed by atoms with Gasteiger partial charge < -0.3 is 9.88 Å². The summed E-state index contributed by atoms with van der Waals surface area (Å²) >= 11 is 0. The highest BCUT2D eigenvalue weighted by molar-refractivity contribution is 5.76. The Labute approximate surface area is 123 Å². The molecule has 0 radical (unpaired) electrons. The molecule has 1 heterocycles. The fourth-order valence-electron chi connectivity index (χ4n) is 2.55. The lowest BCUT2D eigenvalue weighted by molar-refractivity contribution is 0.586. The van der Waals surface area contributed by atoms with Crippen molar-refractivity contribution in [3.05, 3.63) is 60.2 Å². The first-order valence-electron chi connectivity index (χ1n) is 7.10. The highest BCUT2D eigenvalue weighted by atomic mass is 19.1. The van der Waals surface area contributed by atoms with Crippen LogP contribution in [0, 0.1) is 5.82 Å². The van der Waals surface area contributed by atoms with Gasteiger partial charge in [0.1, 0.15) is 11.6 Å². The van der Waals surface area contributed by atoms with Crippen molar-refractivity contribution in [2.24, 2.45) is 0 Å². The smallest absolute Gasteiger partial charge is 0.129 e. The van der Waals surface area contributed by atoms with Crippen LogP contribution in [0.15, 0.2) is 48.5 Å².